The average Bonchev–Trinajstić information content (AvgIpc) is 3.68. The number of benzene rings is 1. The van der Waals surface area contributed by atoms with Crippen molar-refractivity contribution in [1.29, 1.82) is 0 Å². The number of carbonyl (C=O) groups is 2. The molecule has 1 saturated heterocycles. The van der Waals surface area contributed by atoms with Crippen LogP contribution in [0.3, 0.4) is 0 Å². The average molecular weight is 618 g/mol. The zero-order chi connectivity index (χ0) is 30.8. The predicted octanol–water partition coefficient (Wildman–Crippen LogP) is 7.29. The number of pyridine rings is 1. The van der Waals surface area contributed by atoms with Crippen molar-refractivity contribution in [2.75, 3.05) is 23.7 Å². The number of carbonyl (C=O) groups excluding carboxylic acids is 2. The van der Waals surface area contributed by atoms with Crippen LogP contribution in [-0.2, 0) is 11.2 Å². The Morgan fingerprint density at radius 3 is 2.68 bits per heavy atom. The fourth-order valence-corrected chi connectivity index (χ4v) is 7.05. The quantitative estimate of drug-likeness (QED) is 0.259. The Labute approximate surface area is 262 Å². The number of anilines is 2. The molecule has 4 heterocycles. The van der Waals surface area contributed by atoms with Gasteiger partial charge < -0.3 is 25.6 Å². The largest absolute Gasteiger partial charge is 0.453 e. The van der Waals surface area contributed by atoms with Gasteiger partial charge in [-0.05, 0) is 93.2 Å². The molecule has 2 fully saturated rings. The molecule has 3 amide bonds. The zero-order valence-electron chi connectivity index (χ0n) is 25.5. The summed E-state index contributed by atoms with van der Waals surface area (Å²) in [6.07, 6.45) is 10.1. The van der Waals surface area contributed by atoms with Crippen molar-refractivity contribution in [3.63, 3.8) is 0 Å². The minimum Gasteiger partial charge on any atom is -0.453 e. The van der Waals surface area contributed by atoms with Crippen molar-refractivity contribution >= 4 is 40.4 Å². The number of thiophene rings is 1. The third-order valence-corrected chi connectivity index (χ3v) is 9.92. The molecule has 3 aliphatic rings. The normalized spacial score (nSPS) is 21.7. The van der Waals surface area contributed by atoms with E-state index in [1.165, 1.54) is 11.6 Å². The number of rotatable bonds is 7. The summed E-state index contributed by atoms with van der Waals surface area (Å²) in [5, 5.41) is 8.99. The Morgan fingerprint density at radius 2 is 1.95 bits per heavy atom. The van der Waals surface area contributed by atoms with E-state index in [2.05, 4.69) is 41.1 Å². The Morgan fingerprint density at radius 1 is 1.11 bits per heavy atom. The summed E-state index contributed by atoms with van der Waals surface area (Å²) >= 11 is 1.56. The molecule has 3 atom stereocenters. The van der Waals surface area contributed by atoms with Gasteiger partial charge in [0.05, 0.1) is 21.1 Å². The third-order valence-electron chi connectivity index (χ3n) is 8.75. The maximum absolute atomic E-state index is 15.0. The number of likely N-dealkylation sites (tertiary alicyclic amines) is 1. The van der Waals surface area contributed by atoms with Crippen LogP contribution in [-0.4, -0.2) is 47.0 Å². The second-order valence-corrected chi connectivity index (χ2v) is 13.4. The first-order valence-corrected chi connectivity index (χ1v) is 16.4. The Bertz CT molecular complexity index is 1550. The van der Waals surface area contributed by atoms with Gasteiger partial charge in [0, 0.05) is 50.0 Å². The van der Waals surface area contributed by atoms with E-state index in [0.717, 1.165) is 72.8 Å². The van der Waals surface area contributed by atoms with E-state index in [0.29, 0.717) is 23.3 Å². The van der Waals surface area contributed by atoms with Gasteiger partial charge >= 0.3 is 6.03 Å². The van der Waals surface area contributed by atoms with Crippen LogP contribution in [0.4, 0.5) is 20.6 Å². The van der Waals surface area contributed by atoms with Gasteiger partial charge in [0.15, 0.2) is 11.6 Å². The lowest BCUT2D eigenvalue weighted by molar-refractivity contribution is -0.129. The molecule has 2 aromatic heterocycles. The Kier molecular flexibility index (Phi) is 8.88. The van der Waals surface area contributed by atoms with Crippen LogP contribution in [0.1, 0.15) is 63.3 Å². The van der Waals surface area contributed by atoms with Gasteiger partial charge in [-0.3, -0.25) is 9.78 Å². The molecular weight excluding hydrogens is 577 g/mol. The Balaban J connectivity index is 1.12. The summed E-state index contributed by atoms with van der Waals surface area (Å²) in [5.41, 5.74) is 3.41. The van der Waals surface area contributed by atoms with Crippen LogP contribution in [0.2, 0.25) is 0 Å². The van der Waals surface area contributed by atoms with Gasteiger partial charge in [-0.25, -0.2) is 9.18 Å². The lowest BCUT2D eigenvalue weighted by atomic mass is 9.82. The standard InChI is InChI=1S/C34H40FN5O3S/c1-20-12-14-40(22(3)41)13-4-5-24(20)16-23-6-10-28(36-19-23)32-18-29-33(44-32)31(15-21(2)37-29)43-30-11-9-26(17-27(30)35)39-34(42)38-25-7-8-25/h6,9-11,15,17-21,24-25,37H,4-5,7-8,12-14,16H2,1-3H3,(H2,38,39,42). The minimum absolute atomic E-state index is 0.00121. The molecule has 232 valence electrons. The number of urea groups is 1. The Hall–Kier alpha value is -3.92. The van der Waals surface area contributed by atoms with Crippen molar-refractivity contribution in [2.45, 2.75) is 71.4 Å². The first-order chi connectivity index (χ1) is 21.2. The van der Waals surface area contributed by atoms with Gasteiger partial charge in [0.25, 0.3) is 0 Å². The van der Waals surface area contributed by atoms with E-state index < -0.39 is 5.82 Å². The van der Waals surface area contributed by atoms with E-state index >= 15 is 4.39 Å². The van der Waals surface area contributed by atoms with Crippen LogP contribution >= 0.6 is 11.3 Å². The number of halogens is 1. The third kappa shape index (κ3) is 7.23. The molecule has 0 radical (unpaired) electrons. The van der Waals surface area contributed by atoms with E-state index in [9.17, 15) is 9.59 Å². The molecule has 3 N–H and O–H groups in total. The maximum Gasteiger partial charge on any atom is 0.319 e. The molecule has 1 saturated carbocycles. The molecule has 0 bridgehead atoms. The summed E-state index contributed by atoms with van der Waals surface area (Å²) in [4.78, 5) is 32.6. The number of ether oxygens (including phenoxy) is 1. The van der Waals surface area contributed by atoms with Crippen LogP contribution in [0.5, 0.6) is 5.75 Å². The van der Waals surface area contributed by atoms with E-state index in [4.69, 9.17) is 9.72 Å². The molecule has 0 spiro atoms. The zero-order valence-corrected chi connectivity index (χ0v) is 26.3. The fourth-order valence-electron chi connectivity index (χ4n) is 5.99. The predicted molar refractivity (Wildman–Crippen MR) is 173 cm³/mol. The summed E-state index contributed by atoms with van der Waals surface area (Å²) in [6, 6.07) is 10.7. The second kappa shape index (κ2) is 13.0. The highest BCUT2D eigenvalue weighted by Crippen LogP contribution is 2.42. The molecule has 3 aromatic rings. The van der Waals surface area contributed by atoms with E-state index in [1.54, 1.807) is 30.4 Å². The highest BCUT2D eigenvalue weighted by molar-refractivity contribution is 7.17. The van der Waals surface area contributed by atoms with E-state index in [-0.39, 0.29) is 29.8 Å². The topological polar surface area (TPSA) is 95.6 Å². The van der Waals surface area contributed by atoms with Crippen LogP contribution in [0.15, 0.2) is 48.7 Å². The molecule has 1 aromatic carbocycles. The van der Waals surface area contributed by atoms with Gasteiger partial charge in [-0.2, -0.15) is 0 Å². The van der Waals surface area contributed by atoms with Crippen molar-refractivity contribution in [1.82, 2.24) is 15.2 Å². The molecule has 6 rings (SSSR count). The number of amides is 3. The van der Waals surface area contributed by atoms with Crippen molar-refractivity contribution in [3.8, 4) is 16.3 Å². The smallest absolute Gasteiger partial charge is 0.319 e. The van der Waals surface area contributed by atoms with Crippen molar-refractivity contribution < 1.29 is 18.7 Å². The van der Waals surface area contributed by atoms with Crippen LogP contribution in [0, 0.1) is 17.7 Å². The number of fused-ring (bicyclic) bond motifs is 1. The van der Waals surface area contributed by atoms with Gasteiger partial charge in [0.1, 0.15) is 5.76 Å². The highest BCUT2D eigenvalue weighted by atomic mass is 32.1. The molecule has 8 nitrogen and oxygen atoms in total. The monoisotopic (exact) mass is 617 g/mol. The minimum atomic E-state index is -0.549. The van der Waals surface area contributed by atoms with Gasteiger partial charge in [0.2, 0.25) is 5.91 Å². The summed E-state index contributed by atoms with van der Waals surface area (Å²) in [7, 11) is 0. The first-order valence-electron chi connectivity index (χ1n) is 15.6. The lowest BCUT2D eigenvalue weighted by Gasteiger charge is -2.31. The second-order valence-electron chi connectivity index (χ2n) is 12.4. The molecule has 10 heteroatoms. The highest BCUT2D eigenvalue weighted by Gasteiger charge is 2.26. The SMILES string of the molecule is CC(=O)N1CCCC(Cc2ccc(-c3cc4c(s3)C(Oc3ccc(NC(=O)NC5CC5)cc3F)=CC(C)N4)nc2)C(C)CC1. The van der Waals surface area contributed by atoms with Crippen LogP contribution < -0.4 is 20.7 Å². The number of nitrogens with one attached hydrogen (secondary N) is 3. The lowest BCUT2D eigenvalue weighted by Crippen LogP contribution is -2.35. The van der Waals surface area contributed by atoms with Gasteiger partial charge in [-0.15, -0.1) is 11.3 Å². The molecule has 1 aliphatic carbocycles. The number of nitrogens with zero attached hydrogens (tertiary/aromatic N) is 2. The van der Waals surface area contributed by atoms with Crippen LogP contribution in [0.25, 0.3) is 16.3 Å². The molecular formula is C34H40FN5O3S. The number of hydrogen-bond donors (Lipinski definition) is 3. The summed E-state index contributed by atoms with van der Waals surface area (Å²) < 4.78 is 21.1. The molecule has 44 heavy (non-hydrogen) atoms. The maximum atomic E-state index is 15.0. The number of hydrogen-bond acceptors (Lipinski definition) is 6. The summed E-state index contributed by atoms with van der Waals surface area (Å²) in [5.74, 6) is 1.43. The first kappa shape index (κ1) is 30.1. The molecule has 3 unspecified atom stereocenters. The van der Waals surface area contributed by atoms with Crippen molar-refractivity contribution in [3.05, 3.63) is 64.9 Å². The van der Waals surface area contributed by atoms with Crippen molar-refractivity contribution in [2.24, 2.45) is 11.8 Å². The fraction of sp³-hybridized carbons (Fsp3) is 0.441. The van der Waals surface area contributed by atoms with Gasteiger partial charge in [-0.1, -0.05) is 13.0 Å². The molecule has 2 aliphatic heterocycles. The summed E-state index contributed by atoms with van der Waals surface area (Å²) in [6.45, 7) is 7.68. The number of aromatic nitrogens is 1. The van der Waals surface area contributed by atoms with E-state index in [1.807, 2.05) is 24.1 Å².